The zero-order chi connectivity index (χ0) is 16.5. The van der Waals surface area contributed by atoms with E-state index in [4.69, 9.17) is 0 Å². The van der Waals surface area contributed by atoms with Gasteiger partial charge in [-0.15, -0.1) is 0 Å². The van der Waals surface area contributed by atoms with Gasteiger partial charge in [0.15, 0.2) is 0 Å². The van der Waals surface area contributed by atoms with E-state index in [2.05, 4.69) is 27.7 Å². The zero-order valence-electron chi connectivity index (χ0n) is 16.5. The quantitative estimate of drug-likeness (QED) is 0.236. The van der Waals surface area contributed by atoms with E-state index in [0.717, 1.165) is 11.8 Å². The van der Waals surface area contributed by atoms with Gasteiger partial charge >= 0.3 is 0 Å². The van der Waals surface area contributed by atoms with Gasteiger partial charge in [-0.05, 0) is 11.8 Å². The molecule has 0 aliphatic carbocycles. The second-order valence-corrected chi connectivity index (χ2v) is 7.87. The summed E-state index contributed by atoms with van der Waals surface area (Å²) >= 11 is 0. The maximum absolute atomic E-state index is 2.47. The molecule has 0 aliphatic rings. The molecule has 2 unspecified atom stereocenters. The lowest BCUT2D eigenvalue weighted by molar-refractivity contribution is 0.429. The molecule has 134 valence electrons. The lowest BCUT2D eigenvalue weighted by Crippen LogP contribution is -1.95. The van der Waals surface area contributed by atoms with Crippen LogP contribution in [0.25, 0.3) is 0 Å². The molecule has 0 saturated carbocycles. The summed E-state index contributed by atoms with van der Waals surface area (Å²) < 4.78 is 0. The molecule has 0 heterocycles. The van der Waals surface area contributed by atoms with Gasteiger partial charge in [-0.25, -0.2) is 0 Å². The normalized spacial score (nSPS) is 14.2. The average molecular weight is 311 g/mol. The largest absolute Gasteiger partial charge is 0.0654 e. The first-order chi connectivity index (χ1) is 10.7. The highest BCUT2D eigenvalue weighted by atomic mass is 14.1. The van der Waals surface area contributed by atoms with Crippen LogP contribution in [0.15, 0.2) is 0 Å². The molecule has 0 aromatic rings. The lowest BCUT2D eigenvalue weighted by atomic mass is 9.95. The van der Waals surface area contributed by atoms with E-state index in [-0.39, 0.29) is 0 Å². The van der Waals surface area contributed by atoms with Crippen molar-refractivity contribution in [2.24, 2.45) is 11.8 Å². The Morgan fingerprint density at radius 2 is 0.818 bits per heavy atom. The van der Waals surface area contributed by atoms with Gasteiger partial charge in [0.25, 0.3) is 0 Å². The van der Waals surface area contributed by atoms with Crippen molar-refractivity contribution in [1.29, 1.82) is 0 Å². The van der Waals surface area contributed by atoms with Gasteiger partial charge in [0.2, 0.25) is 0 Å². The molecule has 0 rings (SSSR count). The van der Waals surface area contributed by atoms with Gasteiger partial charge < -0.3 is 0 Å². The monoisotopic (exact) mass is 310 g/mol. The number of hydrogen-bond donors (Lipinski definition) is 0. The van der Waals surface area contributed by atoms with Crippen LogP contribution in [0, 0.1) is 11.8 Å². The van der Waals surface area contributed by atoms with E-state index in [1.54, 1.807) is 0 Å². The number of hydrogen-bond acceptors (Lipinski definition) is 0. The van der Waals surface area contributed by atoms with Crippen LogP contribution in [0.2, 0.25) is 0 Å². The van der Waals surface area contributed by atoms with Crippen LogP contribution >= 0.6 is 0 Å². The van der Waals surface area contributed by atoms with Crippen molar-refractivity contribution >= 4 is 0 Å². The van der Waals surface area contributed by atoms with Gasteiger partial charge in [0.1, 0.15) is 0 Å². The molecule has 2 atom stereocenters. The zero-order valence-corrected chi connectivity index (χ0v) is 16.5. The van der Waals surface area contributed by atoms with Gasteiger partial charge in [-0.3, -0.25) is 0 Å². The number of rotatable bonds is 17. The molecule has 0 saturated heterocycles. The smallest absolute Gasteiger partial charge is 0.0443 e. The molecule has 0 radical (unpaired) electrons. The third kappa shape index (κ3) is 16.4. The summed E-state index contributed by atoms with van der Waals surface area (Å²) in [5.74, 6) is 1.92. The standard InChI is InChI=1S/C22H46/c1-5-7-8-12-16-19-22(4)20-17-14-11-9-10-13-15-18-21(3)6-2/h21-22H,5-20H2,1-4H3. The Hall–Kier alpha value is 0. The minimum absolute atomic E-state index is 0.948. The SMILES string of the molecule is CCCCCCCC(C)CCCCCCCCCC(C)CC. The van der Waals surface area contributed by atoms with Gasteiger partial charge in [-0.1, -0.05) is 130 Å². The van der Waals surface area contributed by atoms with E-state index in [1.807, 2.05) is 0 Å². The summed E-state index contributed by atoms with van der Waals surface area (Å²) in [5, 5.41) is 0. The Morgan fingerprint density at radius 1 is 0.455 bits per heavy atom. The third-order valence-corrected chi connectivity index (χ3v) is 5.39. The molecular formula is C22H46. The topological polar surface area (TPSA) is 0 Å². The molecule has 0 aromatic heterocycles. The van der Waals surface area contributed by atoms with Crippen LogP contribution < -0.4 is 0 Å². The van der Waals surface area contributed by atoms with Crippen LogP contribution in [0.4, 0.5) is 0 Å². The first-order valence-corrected chi connectivity index (χ1v) is 10.7. The van der Waals surface area contributed by atoms with E-state index >= 15 is 0 Å². The van der Waals surface area contributed by atoms with E-state index in [9.17, 15) is 0 Å². The maximum atomic E-state index is 2.47. The van der Waals surface area contributed by atoms with Crippen molar-refractivity contribution in [3.05, 3.63) is 0 Å². The minimum atomic E-state index is 0.948. The van der Waals surface area contributed by atoms with E-state index in [1.165, 1.54) is 103 Å². The summed E-state index contributed by atoms with van der Waals surface area (Å²) in [5.41, 5.74) is 0. The minimum Gasteiger partial charge on any atom is -0.0654 e. The van der Waals surface area contributed by atoms with Gasteiger partial charge in [-0.2, -0.15) is 0 Å². The Balaban J connectivity index is 3.15. The van der Waals surface area contributed by atoms with E-state index in [0.29, 0.717) is 0 Å². The van der Waals surface area contributed by atoms with E-state index < -0.39 is 0 Å². The van der Waals surface area contributed by atoms with Crippen molar-refractivity contribution in [3.63, 3.8) is 0 Å². The molecule has 22 heavy (non-hydrogen) atoms. The lowest BCUT2D eigenvalue weighted by Gasteiger charge is -2.11. The predicted molar refractivity (Wildman–Crippen MR) is 104 cm³/mol. The predicted octanol–water partition coefficient (Wildman–Crippen LogP) is 8.54. The van der Waals surface area contributed by atoms with Crippen molar-refractivity contribution in [3.8, 4) is 0 Å². The first-order valence-electron chi connectivity index (χ1n) is 10.7. The molecular weight excluding hydrogens is 264 g/mol. The summed E-state index contributed by atoms with van der Waals surface area (Å²) in [6.45, 7) is 9.48. The van der Waals surface area contributed by atoms with Crippen molar-refractivity contribution in [2.75, 3.05) is 0 Å². The average Bonchev–Trinajstić information content (AvgIpc) is 2.52. The van der Waals surface area contributed by atoms with Gasteiger partial charge in [0, 0.05) is 0 Å². The summed E-state index contributed by atoms with van der Waals surface area (Å²) in [4.78, 5) is 0. The molecule has 0 fully saturated rings. The first kappa shape index (κ1) is 22.0. The van der Waals surface area contributed by atoms with Gasteiger partial charge in [0.05, 0.1) is 0 Å². The summed E-state index contributed by atoms with van der Waals surface area (Å²) in [6.07, 6.45) is 23.3. The molecule has 0 spiro atoms. The number of unbranched alkanes of at least 4 members (excludes halogenated alkanes) is 10. The second-order valence-electron chi connectivity index (χ2n) is 7.87. The molecule has 0 bridgehead atoms. The van der Waals surface area contributed by atoms with Crippen LogP contribution in [0.1, 0.15) is 130 Å². The fourth-order valence-electron chi connectivity index (χ4n) is 3.31. The molecule has 0 aromatic carbocycles. The fraction of sp³-hybridized carbons (Fsp3) is 1.00. The van der Waals surface area contributed by atoms with Crippen LogP contribution in [0.3, 0.4) is 0 Å². The Kier molecular flexibility index (Phi) is 17.4. The Morgan fingerprint density at radius 3 is 1.23 bits per heavy atom. The summed E-state index contributed by atoms with van der Waals surface area (Å²) in [7, 11) is 0. The molecule has 0 amide bonds. The van der Waals surface area contributed by atoms with Crippen LogP contribution in [0.5, 0.6) is 0 Å². The fourth-order valence-corrected chi connectivity index (χ4v) is 3.31. The Bertz CT molecular complexity index is 196. The summed E-state index contributed by atoms with van der Waals surface area (Å²) in [6, 6.07) is 0. The second kappa shape index (κ2) is 17.4. The van der Waals surface area contributed by atoms with Crippen molar-refractivity contribution in [2.45, 2.75) is 130 Å². The molecule has 0 N–H and O–H groups in total. The molecule has 0 nitrogen and oxygen atoms in total. The maximum Gasteiger partial charge on any atom is -0.0443 e. The highest BCUT2D eigenvalue weighted by molar-refractivity contribution is 4.56. The van der Waals surface area contributed by atoms with Crippen molar-refractivity contribution < 1.29 is 0 Å². The van der Waals surface area contributed by atoms with Crippen molar-refractivity contribution in [1.82, 2.24) is 0 Å². The third-order valence-electron chi connectivity index (χ3n) is 5.39. The molecule has 0 aliphatic heterocycles. The molecule has 0 heteroatoms. The Labute approximate surface area is 142 Å². The highest BCUT2D eigenvalue weighted by Gasteiger charge is 2.02. The highest BCUT2D eigenvalue weighted by Crippen LogP contribution is 2.19. The van der Waals surface area contributed by atoms with Crippen LogP contribution in [-0.4, -0.2) is 0 Å². The van der Waals surface area contributed by atoms with Crippen LogP contribution in [-0.2, 0) is 0 Å².